The maximum atomic E-state index is 6.20. The van der Waals surface area contributed by atoms with E-state index in [4.69, 9.17) is 4.74 Å². The van der Waals surface area contributed by atoms with Crippen molar-refractivity contribution in [3.63, 3.8) is 0 Å². The number of rotatable bonds is 4. The molecular weight excluding hydrogens is 641 g/mol. The second-order valence-corrected chi connectivity index (χ2v) is 14.4. The molecule has 1 nitrogen and oxygen atoms in total. The highest BCUT2D eigenvalue weighted by Gasteiger charge is 2.32. The smallest absolute Gasteiger partial charge is 0.128 e. The van der Waals surface area contributed by atoms with E-state index in [1.165, 1.54) is 93.2 Å². The fraction of sp³-hybridized carbons (Fsp3) is 0.0385. The average Bonchev–Trinajstić information content (AvgIpc) is 3.60. The van der Waals surface area contributed by atoms with E-state index >= 15 is 0 Å². The van der Waals surface area contributed by atoms with Crippen molar-refractivity contribution in [2.75, 3.05) is 0 Å². The summed E-state index contributed by atoms with van der Waals surface area (Å²) in [6, 6.07) is 62.7. The van der Waals surface area contributed by atoms with Crippen LogP contribution in [0.1, 0.15) is 11.5 Å². The van der Waals surface area contributed by atoms with Crippen LogP contribution in [0, 0.1) is 0 Å². The van der Waals surface area contributed by atoms with Crippen LogP contribution in [0.15, 0.2) is 194 Å². The Morgan fingerprint density at radius 3 is 1.51 bits per heavy atom. The SMILES string of the molecule is C1=CC2Oc3ccc(-c4ccc5cc(-c6cccc(-c7c8ccccc8c(-c8ccc9ccccc9c8)c8ccccc78)c6)ccc5c4)cc3C2C=C1. The van der Waals surface area contributed by atoms with Crippen molar-refractivity contribution in [1.29, 1.82) is 0 Å². The second kappa shape index (κ2) is 11.9. The zero-order valence-corrected chi connectivity index (χ0v) is 29.0. The summed E-state index contributed by atoms with van der Waals surface area (Å²) >= 11 is 0. The van der Waals surface area contributed by atoms with Gasteiger partial charge < -0.3 is 4.74 Å². The van der Waals surface area contributed by atoms with E-state index in [1.54, 1.807) is 0 Å². The number of benzene rings is 9. The van der Waals surface area contributed by atoms with E-state index in [2.05, 4.69) is 194 Å². The number of ether oxygens (including phenoxy) is 1. The molecule has 1 heterocycles. The lowest BCUT2D eigenvalue weighted by atomic mass is 9.85. The monoisotopic (exact) mass is 674 g/mol. The highest BCUT2D eigenvalue weighted by atomic mass is 16.5. The summed E-state index contributed by atoms with van der Waals surface area (Å²) in [4.78, 5) is 0. The molecule has 0 saturated heterocycles. The van der Waals surface area contributed by atoms with Crippen LogP contribution in [-0.4, -0.2) is 6.10 Å². The molecule has 1 aliphatic carbocycles. The summed E-state index contributed by atoms with van der Waals surface area (Å²) in [5, 5.41) is 10.1. The molecule has 2 aliphatic rings. The van der Waals surface area contributed by atoms with Gasteiger partial charge in [-0.15, -0.1) is 0 Å². The van der Waals surface area contributed by atoms with Crippen molar-refractivity contribution < 1.29 is 4.74 Å². The lowest BCUT2D eigenvalue weighted by Crippen LogP contribution is -2.15. The molecule has 0 aromatic heterocycles. The topological polar surface area (TPSA) is 9.23 Å². The summed E-state index contributed by atoms with van der Waals surface area (Å²) in [5.41, 5.74) is 11.2. The number of hydrogen-bond acceptors (Lipinski definition) is 1. The van der Waals surface area contributed by atoms with Crippen LogP contribution in [0.2, 0.25) is 0 Å². The van der Waals surface area contributed by atoms with Crippen molar-refractivity contribution in [3.05, 3.63) is 200 Å². The summed E-state index contributed by atoms with van der Waals surface area (Å²) in [7, 11) is 0. The fourth-order valence-corrected chi connectivity index (χ4v) is 8.78. The second-order valence-electron chi connectivity index (χ2n) is 14.4. The van der Waals surface area contributed by atoms with Crippen molar-refractivity contribution >= 4 is 43.1 Å². The van der Waals surface area contributed by atoms with Gasteiger partial charge >= 0.3 is 0 Å². The molecule has 53 heavy (non-hydrogen) atoms. The van der Waals surface area contributed by atoms with Gasteiger partial charge in [-0.25, -0.2) is 0 Å². The molecule has 0 N–H and O–H groups in total. The third-order valence-electron chi connectivity index (χ3n) is 11.3. The van der Waals surface area contributed by atoms with Gasteiger partial charge in [0.1, 0.15) is 11.9 Å². The summed E-state index contributed by atoms with van der Waals surface area (Å²) in [6.07, 6.45) is 8.72. The minimum Gasteiger partial charge on any atom is -0.485 e. The zero-order chi connectivity index (χ0) is 34.9. The van der Waals surface area contributed by atoms with Crippen molar-refractivity contribution in [2.45, 2.75) is 12.0 Å². The molecular formula is C52H34O. The Hall–Kier alpha value is -6.70. The van der Waals surface area contributed by atoms with E-state index in [1.807, 2.05) is 0 Å². The predicted molar refractivity (Wildman–Crippen MR) is 224 cm³/mol. The van der Waals surface area contributed by atoms with Gasteiger partial charge in [-0.05, 0) is 130 Å². The quantitative estimate of drug-likeness (QED) is 0.169. The molecule has 1 heteroatoms. The Kier molecular flexibility index (Phi) is 6.75. The lowest BCUT2D eigenvalue weighted by molar-refractivity contribution is 0.269. The minimum atomic E-state index is 0.103. The summed E-state index contributed by atoms with van der Waals surface area (Å²) in [6.45, 7) is 0. The zero-order valence-electron chi connectivity index (χ0n) is 29.0. The molecule has 2 unspecified atom stereocenters. The van der Waals surface area contributed by atoms with Gasteiger partial charge in [0, 0.05) is 11.5 Å². The fourth-order valence-electron chi connectivity index (χ4n) is 8.78. The Morgan fingerprint density at radius 2 is 0.811 bits per heavy atom. The van der Waals surface area contributed by atoms with E-state index in [0.717, 1.165) is 5.75 Å². The standard InChI is InChI=1S/C52H34O/c1-2-11-34-30-42(25-20-33(34)10-1)52-46-17-5-3-15-44(46)51(45-16-4-6-18-47(45)52)41-13-9-12-35(31-41)36-21-22-38-29-39(24-23-37(38)28-36)40-26-27-50-48(32-40)43-14-7-8-19-49(43)53-50/h1-32,43,49H. The Balaban J connectivity index is 0.994. The Labute approximate surface area is 308 Å². The number of hydrogen-bond donors (Lipinski definition) is 0. The van der Waals surface area contributed by atoms with Gasteiger partial charge in [0.25, 0.3) is 0 Å². The average molecular weight is 675 g/mol. The van der Waals surface area contributed by atoms with Gasteiger partial charge in [0.05, 0.1) is 0 Å². The maximum Gasteiger partial charge on any atom is 0.128 e. The van der Waals surface area contributed by atoms with Crippen molar-refractivity contribution in [3.8, 4) is 50.3 Å². The van der Waals surface area contributed by atoms with Crippen LogP contribution in [0.4, 0.5) is 0 Å². The van der Waals surface area contributed by atoms with E-state index in [-0.39, 0.29) is 12.0 Å². The lowest BCUT2D eigenvalue weighted by Gasteiger charge is -2.18. The third-order valence-corrected chi connectivity index (χ3v) is 11.3. The van der Waals surface area contributed by atoms with Gasteiger partial charge in [-0.3, -0.25) is 0 Å². The first-order valence-electron chi connectivity index (χ1n) is 18.5. The molecule has 0 amide bonds. The molecule has 9 aromatic rings. The minimum absolute atomic E-state index is 0.103. The molecule has 9 aromatic carbocycles. The Morgan fingerprint density at radius 1 is 0.340 bits per heavy atom. The molecule has 0 fully saturated rings. The van der Waals surface area contributed by atoms with Crippen LogP contribution in [-0.2, 0) is 0 Å². The van der Waals surface area contributed by atoms with Crippen LogP contribution in [0.3, 0.4) is 0 Å². The molecule has 1 aliphatic heterocycles. The third kappa shape index (κ3) is 4.93. The van der Waals surface area contributed by atoms with Crippen LogP contribution < -0.4 is 4.74 Å². The Bertz CT molecular complexity index is 2940. The van der Waals surface area contributed by atoms with Crippen molar-refractivity contribution in [2.24, 2.45) is 0 Å². The largest absolute Gasteiger partial charge is 0.485 e. The van der Waals surface area contributed by atoms with Crippen molar-refractivity contribution in [1.82, 2.24) is 0 Å². The highest BCUT2D eigenvalue weighted by molar-refractivity contribution is 6.21. The summed E-state index contributed by atoms with van der Waals surface area (Å²) < 4.78 is 6.20. The number of allylic oxidation sites excluding steroid dienone is 2. The van der Waals surface area contributed by atoms with Gasteiger partial charge in [-0.2, -0.15) is 0 Å². The highest BCUT2D eigenvalue weighted by Crippen LogP contribution is 2.46. The first kappa shape index (κ1) is 30.0. The van der Waals surface area contributed by atoms with Crippen LogP contribution in [0.25, 0.3) is 87.6 Å². The van der Waals surface area contributed by atoms with Gasteiger partial charge in [0.15, 0.2) is 0 Å². The predicted octanol–water partition coefficient (Wildman–Crippen LogP) is 13.9. The van der Waals surface area contributed by atoms with Crippen LogP contribution >= 0.6 is 0 Å². The maximum absolute atomic E-state index is 6.20. The van der Waals surface area contributed by atoms with Gasteiger partial charge in [-0.1, -0.05) is 152 Å². The molecule has 0 spiro atoms. The molecule has 2 atom stereocenters. The molecule has 248 valence electrons. The van der Waals surface area contributed by atoms with E-state index < -0.39 is 0 Å². The van der Waals surface area contributed by atoms with E-state index in [0.29, 0.717) is 0 Å². The molecule has 0 bridgehead atoms. The molecule has 11 rings (SSSR count). The summed E-state index contributed by atoms with van der Waals surface area (Å²) in [5.74, 6) is 1.28. The molecule has 0 saturated carbocycles. The normalized spacial score (nSPS) is 15.9. The van der Waals surface area contributed by atoms with Crippen LogP contribution in [0.5, 0.6) is 5.75 Å². The van der Waals surface area contributed by atoms with E-state index in [9.17, 15) is 0 Å². The molecule has 0 radical (unpaired) electrons. The number of fused-ring (bicyclic) bond motifs is 7. The van der Waals surface area contributed by atoms with Gasteiger partial charge in [0.2, 0.25) is 0 Å². The first-order valence-corrected chi connectivity index (χ1v) is 18.5. The first-order chi connectivity index (χ1) is 26.2.